The molecule has 0 spiro atoms. The van der Waals surface area contributed by atoms with Crippen LogP contribution in [0.25, 0.3) is 0 Å². The van der Waals surface area contributed by atoms with E-state index in [0.717, 1.165) is 29.6 Å². The minimum atomic E-state index is -0.450. The van der Waals surface area contributed by atoms with Gasteiger partial charge in [0.05, 0.1) is 16.7 Å². The number of amides is 1. The Bertz CT molecular complexity index is 493. The zero-order valence-corrected chi connectivity index (χ0v) is 14.1. The summed E-state index contributed by atoms with van der Waals surface area (Å²) in [6.07, 6.45) is 3.59. The van der Waals surface area contributed by atoms with Crippen LogP contribution in [0.3, 0.4) is 0 Å². The first-order valence-corrected chi connectivity index (χ1v) is 7.75. The third-order valence-electron chi connectivity index (χ3n) is 3.38. The third kappa shape index (κ3) is 3.53. The lowest BCUT2D eigenvalue weighted by Gasteiger charge is -2.34. The quantitative estimate of drug-likeness (QED) is 0.783. The molecule has 0 aliphatic carbocycles. The van der Waals surface area contributed by atoms with Gasteiger partial charge in [0.25, 0.3) is 0 Å². The van der Waals surface area contributed by atoms with Gasteiger partial charge >= 0.3 is 6.09 Å². The van der Waals surface area contributed by atoms with Crippen molar-refractivity contribution in [3.8, 4) is 0 Å². The number of piperidine rings is 1. The van der Waals surface area contributed by atoms with Crippen LogP contribution < -0.4 is 0 Å². The summed E-state index contributed by atoms with van der Waals surface area (Å²) in [5.41, 5.74) is 0.648. The second-order valence-electron chi connectivity index (χ2n) is 6.24. The largest absolute Gasteiger partial charge is 0.444 e. The summed E-state index contributed by atoms with van der Waals surface area (Å²) in [5.74, 6) is 0. The summed E-state index contributed by atoms with van der Waals surface area (Å²) >= 11 is 3.48. The van der Waals surface area contributed by atoms with Gasteiger partial charge in [-0.25, -0.2) is 4.79 Å². The molecule has 1 amide bonds. The molecule has 0 N–H and O–H groups in total. The molecule has 6 heteroatoms. The number of carbonyl (C=O) groups excluding carboxylic acids is 1. The molecule has 1 aliphatic heterocycles. The Morgan fingerprint density at radius 2 is 2.20 bits per heavy atom. The van der Waals surface area contributed by atoms with Crippen LogP contribution in [-0.4, -0.2) is 39.5 Å². The Labute approximate surface area is 128 Å². The van der Waals surface area contributed by atoms with Crippen molar-refractivity contribution in [1.29, 1.82) is 0 Å². The van der Waals surface area contributed by atoms with E-state index in [2.05, 4.69) is 21.0 Å². The van der Waals surface area contributed by atoms with Crippen LogP contribution in [0, 0.1) is 6.92 Å². The first-order valence-electron chi connectivity index (χ1n) is 6.95. The Morgan fingerprint density at radius 1 is 1.50 bits per heavy atom. The van der Waals surface area contributed by atoms with Crippen molar-refractivity contribution in [3.05, 3.63) is 16.4 Å². The van der Waals surface area contributed by atoms with E-state index in [9.17, 15) is 4.79 Å². The summed E-state index contributed by atoms with van der Waals surface area (Å²) < 4.78 is 8.45. The Hall–Kier alpha value is -1.04. The maximum absolute atomic E-state index is 12.1. The highest BCUT2D eigenvalue weighted by Crippen LogP contribution is 2.26. The Balaban J connectivity index is 2.05. The minimum absolute atomic E-state index is 0.225. The van der Waals surface area contributed by atoms with Crippen molar-refractivity contribution < 1.29 is 9.53 Å². The van der Waals surface area contributed by atoms with Gasteiger partial charge in [0.15, 0.2) is 0 Å². The number of carbonyl (C=O) groups is 1. The first kappa shape index (κ1) is 15.4. The Morgan fingerprint density at radius 3 is 2.75 bits per heavy atom. The van der Waals surface area contributed by atoms with E-state index in [-0.39, 0.29) is 12.1 Å². The van der Waals surface area contributed by atoms with E-state index in [1.165, 1.54) is 0 Å². The molecule has 5 nitrogen and oxygen atoms in total. The smallest absolute Gasteiger partial charge is 0.410 e. The van der Waals surface area contributed by atoms with E-state index in [1.54, 1.807) is 4.90 Å². The van der Waals surface area contributed by atoms with Gasteiger partial charge in [0, 0.05) is 18.8 Å². The summed E-state index contributed by atoms with van der Waals surface area (Å²) in [5, 5.41) is 4.40. The lowest BCUT2D eigenvalue weighted by molar-refractivity contribution is 0.0166. The van der Waals surface area contributed by atoms with Gasteiger partial charge in [-0.1, -0.05) is 0 Å². The number of aromatic nitrogens is 2. The molecule has 1 atom stereocenters. The fourth-order valence-electron chi connectivity index (χ4n) is 2.42. The fraction of sp³-hybridized carbons (Fsp3) is 0.714. The predicted molar refractivity (Wildman–Crippen MR) is 80.7 cm³/mol. The second-order valence-corrected chi connectivity index (χ2v) is 7.10. The summed E-state index contributed by atoms with van der Waals surface area (Å²) in [7, 11) is 0. The number of nitrogens with zero attached hydrogens (tertiary/aromatic N) is 3. The first-order chi connectivity index (χ1) is 9.28. The second kappa shape index (κ2) is 5.76. The van der Waals surface area contributed by atoms with Crippen molar-refractivity contribution in [3.63, 3.8) is 0 Å². The van der Waals surface area contributed by atoms with E-state index < -0.39 is 5.60 Å². The van der Waals surface area contributed by atoms with E-state index in [4.69, 9.17) is 4.74 Å². The SMILES string of the molecule is Cc1c(Br)cnn1[C@H]1CCCN(C(=O)OC(C)(C)C)C1. The van der Waals surface area contributed by atoms with Gasteiger partial charge < -0.3 is 9.64 Å². The molecule has 0 bridgehead atoms. The fourth-order valence-corrected chi connectivity index (χ4v) is 2.69. The normalized spacial score (nSPS) is 20.1. The van der Waals surface area contributed by atoms with Crippen LogP contribution in [0.5, 0.6) is 0 Å². The zero-order chi connectivity index (χ0) is 14.9. The highest BCUT2D eigenvalue weighted by molar-refractivity contribution is 9.10. The average Bonchev–Trinajstić information content (AvgIpc) is 2.68. The molecule has 1 saturated heterocycles. The molecule has 1 fully saturated rings. The van der Waals surface area contributed by atoms with E-state index in [0.29, 0.717) is 6.54 Å². The van der Waals surface area contributed by atoms with E-state index >= 15 is 0 Å². The molecule has 0 saturated carbocycles. The highest BCUT2D eigenvalue weighted by Gasteiger charge is 2.29. The molecule has 112 valence electrons. The summed E-state index contributed by atoms with van der Waals surface area (Å²) in [6, 6.07) is 0.225. The molecular formula is C14H22BrN3O2. The Kier molecular flexibility index (Phi) is 4.42. The monoisotopic (exact) mass is 343 g/mol. The number of ether oxygens (including phenoxy) is 1. The average molecular weight is 344 g/mol. The molecular weight excluding hydrogens is 322 g/mol. The van der Waals surface area contributed by atoms with Crippen LogP contribution in [0.2, 0.25) is 0 Å². The van der Waals surface area contributed by atoms with Crippen molar-refractivity contribution in [2.75, 3.05) is 13.1 Å². The summed E-state index contributed by atoms with van der Waals surface area (Å²) in [6.45, 7) is 9.11. The van der Waals surface area contributed by atoms with Crippen molar-refractivity contribution in [1.82, 2.24) is 14.7 Å². The van der Waals surface area contributed by atoms with Gasteiger partial charge in [0.1, 0.15) is 5.60 Å². The predicted octanol–water partition coefficient (Wildman–Crippen LogP) is 3.53. The molecule has 20 heavy (non-hydrogen) atoms. The topological polar surface area (TPSA) is 47.4 Å². The van der Waals surface area contributed by atoms with Gasteiger partial charge in [-0.2, -0.15) is 5.10 Å². The molecule has 0 radical (unpaired) electrons. The van der Waals surface area contributed by atoms with Crippen molar-refractivity contribution in [2.24, 2.45) is 0 Å². The molecule has 2 rings (SSSR count). The lowest BCUT2D eigenvalue weighted by atomic mass is 10.1. The number of rotatable bonds is 1. The highest BCUT2D eigenvalue weighted by atomic mass is 79.9. The van der Waals surface area contributed by atoms with E-state index in [1.807, 2.05) is 38.6 Å². The van der Waals surface area contributed by atoms with Gasteiger partial charge in [0.2, 0.25) is 0 Å². The van der Waals surface area contributed by atoms with Crippen molar-refractivity contribution >= 4 is 22.0 Å². The lowest BCUT2D eigenvalue weighted by Crippen LogP contribution is -2.43. The van der Waals surface area contributed by atoms with Crippen LogP contribution in [0.1, 0.15) is 45.3 Å². The number of hydrogen-bond acceptors (Lipinski definition) is 3. The maximum atomic E-state index is 12.1. The number of likely N-dealkylation sites (tertiary alicyclic amines) is 1. The van der Waals surface area contributed by atoms with Gasteiger partial charge in [-0.3, -0.25) is 4.68 Å². The van der Waals surface area contributed by atoms with Crippen molar-refractivity contribution in [2.45, 2.75) is 52.2 Å². The standard InChI is InChI=1S/C14H22BrN3O2/c1-10-12(15)8-16-18(10)11-6-5-7-17(9-11)13(19)20-14(2,3)4/h8,11H,5-7,9H2,1-4H3/t11-/m0/s1. The molecule has 2 heterocycles. The molecule has 0 unspecified atom stereocenters. The molecule has 0 aromatic carbocycles. The minimum Gasteiger partial charge on any atom is -0.444 e. The maximum Gasteiger partial charge on any atom is 0.410 e. The van der Waals surface area contributed by atoms with Crippen LogP contribution >= 0.6 is 15.9 Å². The molecule has 1 aromatic heterocycles. The third-order valence-corrected chi connectivity index (χ3v) is 4.16. The van der Waals surface area contributed by atoms with Gasteiger partial charge in [-0.15, -0.1) is 0 Å². The zero-order valence-electron chi connectivity index (χ0n) is 12.5. The van der Waals surface area contributed by atoms with Gasteiger partial charge in [-0.05, 0) is 56.5 Å². The number of halogens is 1. The summed E-state index contributed by atoms with van der Waals surface area (Å²) in [4.78, 5) is 13.9. The van der Waals surface area contributed by atoms with Crippen LogP contribution in [-0.2, 0) is 4.74 Å². The number of hydrogen-bond donors (Lipinski definition) is 0. The van der Waals surface area contributed by atoms with Crippen LogP contribution in [0.4, 0.5) is 4.79 Å². The molecule has 1 aromatic rings. The molecule has 1 aliphatic rings. The van der Waals surface area contributed by atoms with Crippen LogP contribution in [0.15, 0.2) is 10.7 Å².